The van der Waals surface area contributed by atoms with Gasteiger partial charge in [0.1, 0.15) is 0 Å². The van der Waals surface area contributed by atoms with E-state index in [2.05, 4.69) is 10.2 Å². The van der Waals surface area contributed by atoms with Crippen LogP contribution in [-0.2, 0) is 14.8 Å². The van der Waals surface area contributed by atoms with E-state index in [1.165, 1.54) is 4.31 Å². The van der Waals surface area contributed by atoms with Crippen molar-refractivity contribution in [3.05, 3.63) is 24.3 Å². The molecule has 2 bridgehead atoms. The molecule has 0 saturated carbocycles. The number of hydrogen-bond donors (Lipinski definition) is 1. The minimum absolute atomic E-state index is 0.0144. The number of fused-ring (bicyclic) bond motifs is 3. The predicted octanol–water partition coefficient (Wildman–Crippen LogP) is 0.944. The number of rotatable bonds is 5. The number of sulfonamides is 1. The maximum absolute atomic E-state index is 12.8. The van der Waals surface area contributed by atoms with Crippen LogP contribution in [0.15, 0.2) is 29.2 Å². The lowest BCUT2D eigenvalue weighted by atomic mass is 10.1. The van der Waals surface area contributed by atoms with Crippen LogP contribution in [0.5, 0.6) is 0 Å². The lowest BCUT2D eigenvalue weighted by molar-refractivity contribution is -0.953. The van der Waals surface area contributed by atoms with Crippen LogP contribution in [0.3, 0.4) is 0 Å². The summed E-state index contributed by atoms with van der Waals surface area (Å²) in [6.45, 7) is 9.50. The van der Waals surface area contributed by atoms with E-state index in [-0.39, 0.29) is 11.9 Å². The molecule has 7 nitrogen and oxygen atoms in total. The number of quaternary nitrogens is 1. The molecule has 0 spiro atoms. The highest BCUT2D eigenvalue weighted by Crippen LogP contribution is 2.25. The third kappa shape index (κ3) is 3.51. The average Bonchev–Trinajstić information content (AvgIpc) is 3.25. The lowest BCUT2D eigenvalue weighted by Crippen LogP contribution is -2.72. The summed E-state index contributed by atoms with van der Waals surface area (Å²) in [5.41, 5.74) is 0.654. The Labute approximate surface area is 161 Å². The number of nitrogens with zero attached hydrogens (tertiary/aromatic N) is 3. The molecule has 27 heavy (non-hydrogen) atoms. The maximum atomic E-state index is 12.8. The first-order chi connectivity index (χ1) is 12.9. The standard InChI is InChI=1S/C19H28N4O3S/c1-16(23-13-10-21(11-14-23)12-15-23)19(24)20-17-4-6-18(7-5-17)27(25,26)22-8-2-3-9-22/h4-7,16H,2-3,8-15H2,1H3/p+1/t16-/m1/s1. The van der Waals surface area contributed by atoms with Gasteiger partial charge in [-0.15, -0.1) is 0 Å². The number of hydrogen-bond acceptors (Lipinski definition) is 4. The van der Waals surface area contributed by atoms with Gasteiger partial charge in [0.15, 0.2) is 6.04 Å². The topological polar surface area (TPSA) is 69.7 Å². The van der Waals surface area contributed by atoms with Gasteiger partial charge >= 0.3 is 0 Å². The Kier molecular flexibility index (Phi) is 5.00. The molecule has 0 aliphatic carbocycles. The van der Waals surface area contributed by atoms with Crippen molar-refractivity contribution in [1.29, 1.82) is 0 Å². The summed E-state index contributed by atoms with van der Waals surface area (Å²) in [6, 6.07) is 6.49. The smallest absolute Gasteiger partial charge is 0.282 e. The minimum Gasteiger partial charge on any atom is -0.321 e. The van der Waals surface area contributed by atoms with Gasteiger partial charge < -0.3 is 9.80 Å². The second kappa shape index (κ2) is 7.16. The van der Waals surface area contributed by atoms with Crippen molar-refractivity contribution in [1.82, 2.24) is 9.21 Å². The van der Waals surface area contributed by atoms with Gasteiger partial charge in [-0.1, -0.05) is 0 Å². The molecule has 4 aliphatic rings. The fraction of sp³-hybridized carbons (Fsp3) is 0.632. The van der Waals surface area contributed by atoms with E-state index < -0.39 is 10.0 Å². The van der Waals surface area contributed by atoms with Crippen LogP contribution in [0.2, 0.25) is 0 Å². The summed E-state index contributed by atoms with van der Waals surface area (Å²) in [4.78, 5) is 15.6. The third-order valence-electron chi connectivity index (χ3n) is 6.61. The van der Waals surface area contributed by atoms with E-state index >= 15 is 0 Å². The number of carbonyl (C=O) groups excluding carboxylic acids is 1. The van der Waals surface area contributed by atoms with Crippen molar-refractivity contribution in [3.63, 3.8) is 0 Å². The molecule has 5 rings (SSSR count). The van der Waals surface area contributed by atoms with Gasteiger partial charge in [-0.25, -0.2) is 8.42 Å². The summed E-state index contributed by atoms with van der Waals surface area (Å²) >= 11 is 0. The molecular formula is C19H29N4O3S+. The summed E-state index contributed by atoms with van der Waals surface area (Å²) in [7, 11) is -3.41. The zero-order valence-electron chi connectivity index (χ0n) is 15.9. The molecule has 1 atom stereocenters. The first-order valence-electron chi connectivity index (χ1n) is 9.90. The molecule has 4 heterocycles. The van der Waals surface area contributed by atoms with Gasteiger partial charge in [0, 0.05) is 38.4 Å². The van der Waals surface area contributed by atoms with Crippen LogP contribution in [0.25, 0.3) is 0 Å². The van der Waals surface area contributed by atoms with E-state index in [1.807, 2.05) is 6.92 Å². The van der Waals surface area contributed by atoms with Crippen LogP contribution in [-0.4, -0.2) is 86.4 Å². The van der Waals surface area contributed by atoms with Crippen LogP contribution >= 0.6 is 0 Å². The van der Waals surface area contributed by atoms with Crippen molar-refractivity contribution < 1.29 is 17.7 Å². The molecule has 4 fully saturated rings. The van der Waals surface area contributed by atoms with Gasteiger partial charge in [0.05, 0.1) is 24.5 Å². The van der Waals surface area contributed by atoms with Crippen molar-refractivity contribution in [2.45, 2.75) is 30.7 Å². The fourth-order valence-electron chi connectivity index (χ4n) is 4.56. The molecule has 0 aromatic heterocycles. The highest BCUT2D eigenvalue weighted by atomic mass is 32.2. The Hall–Kier alpha value is -1.48. The average molecular weight is 394 g/mol. The molecular weight excluding hydrogens is 364 g/mol. The van der Waals surface area contributed by atoms with Crippen molar-refractivity contribution in [2.24, 2.45) is 0 Å². The molecule has 1 N–H and O–H groups in total. The summed E-state index contributed by atoms with van der Waals surface area (Å²) in [6.07, 6.45) is 1.84. The number of amides is 1. The van der Waals surface area contributed by atoms with Crippen LogP contribution in [0, 0.1) is 0 Å². The monoisotopic (exact) mass is 393 g/mol. The minimum atomic E-state index is -3.41. The Morgan fingerprint density at radius 3 is 2.11 bits per heavy atom. The van der Waals surface area contributed by atoms with E-state index in [9.17, 15) is 13.2 Å². The predicted molar refractivity (Wildman–Crippen MR) is 104 cm³/mol. The fourth-order valence-corrected chi connectivity index (χ4v) is 6.07. The van der Waals surface area contributed by atoms with Gasteiger partial charge in [0.2, 0.25) is 10.0 Å². The number of nitrogens with one attached hydrogen (secondary N) is 1. The number of benzene rings is 1. The highest BCUT2D eigenvalue weighted by Gasteiger charge is 2.45. The van der Waals surface area contributed by atoms with E-state index in [4.69, 9.17) is 0 Å². The van der Waals surface area contributed by atoms with E-state index in [1.54, 1.807) is 24.3 Å². The van der Waals surface area contributed by atoms with Crippen molar-refractivity contribution in [3.8, 4) is 0 Å². The summed E-state index contributed by atoms with van der Waals surface area (Å²) < 4.78 is 27.6. The Morgan fingerprint density at radius 2 is 1.56 bits per heavy atom. The Balaban J connectivity index is 1.43. The maximum Gasteiger partial charge on any atom is 0.282 e. The second-order valence-electron chi connectivity index (χ2n) is 8.03. The van der Waals surface area contributed by atoms with E-state index in [0.29, 0.717) is 23.7 Å². The largest absolute Gasteiger partial charge is 0.321 e. The highest BCUT2D eigenvalue weighted by molar-refractivity contribution is 7.89. The molecule has 1 aromatic carbocycles. The summed E-state index contributed by atoms with van der Waals surface area (Å²) in [5, 5.41) is 2.99. The van der Waals surface area contributed by atoms with Crippen LogP contribution in [0.4, 0.5) is 5.69 Å². The van der Waals surface area contributed by atoms with Gasteiger partial charge in [-0.2, -0.15) is 4.31 Å². The normalized spacial score (nSPS) is 29.6. The molecule has 8 heteroatoms. The van der Waals surface area contributed by atoms with Gasteiger partial charge in [-0.05, 0) is 44.0 Å². The van der Waals surface area contributed by atoms with Gasteiger partial charge in [-0.3, -0.25) is 9.69 Å². The first-order valence-corrected chi connectivity index (χ1v) is 11.3. The number of piperazine rings is 3. The molecule has 0 unspecified atom stereocenters. The Bertz CT molecular complexity index is 781. The first kappa shape index (κ1) is 18.9. The summed E-state index contributed by atoms with van der Waals surface area (Å²) in [5.74, 6) is 0.0144. The molecule has 4 saturated heterocycles. The third-order valence-corrected chi connectivity index (χ3v) is 8.52. The molecule has 0 radical (unpaired) electrons. The molecule has 1 amide bonds. The van der Waals surface area contributed by atoms with Crippen molar-refractivity contribution in [2.75, 3.05) is 57.7 Å². The van der Waals surface area contributed by atoms with E-state index in [0.717, 1.165) is 56.6 Å². The Morgan fingerprint density at radius 1 is 1.00 bits per heavy atom. The number of carbonyl (C=O) groups is 1. The number of anilines is 1. The zero-order chi connectivity index (χ0) is 19.1. The van der Waals surface area contributed by atoms with Crippen LogP contribution in [0.1, 0.15) is 19.8 Å². The SMILES string of the molecule is C[C@H](C(=O)Nc1ccc(S(=O)(=O)N2CCCC2)cc1)[N+]12CCN(CC1)CC2. The quantitative estimate of drug-likeness (QED) is 0.756. The van der Waals surface area contributed by atoms with Crippen molar-refractivity contribution >= 4 is 21.6 Å². The molecule has 4 aliphatic heterocycles. The second-order valence-corrected chi connectivity index (χ2v) is 9.97. The molecule has 148 valence electrons. The zero-order valence-corrected chi connectivity index (χ0v) is 16.7. The molecule has 1 aromatic rings. The van der Waals surface area contributed by atoms with Crippen LogP contribution < -0.4 is 5.32 Å². The lowest BCUT2D eigenvalue weighted by Gasteiger charge is -2.52. The van der Waals surface area contributed by atoms with Gasteiger partial charge in [0.25, 0.3) is 5.91 Å².